The molecule has 0 saturated carbocycles. The average Bonchev–Trinajstić information content (AvgIpc) is 2.46. The monoisotopic (exact) mass is 240 g/mol. The van der Waals surface area contributed by atoms with Crippen LogP contribution in [0.1, 0.15) is 11.1 Å². The first-order valence-electron chi connectivity index (χ1n) is 5.72. The van der Waals surface area contributed by atoms with Crippen LogP contribution in [-0.2, 0) is 4.74 Å². The van der Waals surface area contributed by atoms with Crippen LogP contribution in [0, 0.1) is 0 Å². The van der Waals surface area contributed by atoms with Crippen molar-refractivity contribution in [3.05, 3.63) is 71.8 Å². The van der Waals surface area contributed by atoms with Crippen LogP contribution >= 0.6 is 0 Å². The maximum atomic E-state index is 5.63. The molecule has 0 bridgehead atoms. The first-order valence-corrected chi connectivity index (χ1v) is 5.72. The second-order valence-corrected chi connectivity index (χ2v) is 3.78. The molecular formula is C15H16N2O. The Morgan fingerprint density at radius 2 is 1.39 bits per heavy atom. The highest BCUT2D eigenvalue weighted by atomic mass is 16.5. The molecule has 0 aliphatic carbocycles. The summed E-state index contributed by atoms with van der Waals surface area (Å²) in [6, 6.07) is 19.7. The van der Waals surface area contributed by atoms with Crippen LogP contribution in [0.2, 0.25) is 0 Å². The second kappa shape index (κ2) is 5.89. The SMILES string of the molecule is CO/C(=C(/NN)c1ccccc1)c1ccccc1. The summed E-state index contributed by atoms with van der Waals surface area (Å²) >= 11 is 0. The first kappa shape index (κ1) is 12.2. The van der Waals surface area contributed by atoms with E-state index in [1.165, 1.54) is 0 Å². The lowest BCUT2D eigenvalue weighted by atomic mass is 10.1. The molecule has 3 heteroatoms. The summed E-state index contributed by atoms with van der Waals surface area (Å²) in [5.74, 6) is 6.36. The lowest BCUT2D eigenvalue weighted by Crippen LogP contribution is -2.21. The molecule has 18 heavy (non-hydrogen) atoms. The summed E-state index contributed by atoms with van der Waals surface area (Å²) in [5.41, 5.74) is 5.46. The van der Waals surface area contributed by atoms with Gasteiger partial charge in [0.2, 0.25) is 0 Å². The van der Waals surface area contributed by atoms with Crippen molar-refractivity contribution in [1.82, 2.24) is 5.43 Å². The number of rotatable bonds is 4. The van der Waals surface area contributed by atoms with Gasteiger partial charge in [0, 0.05) is 11.1 Å². The fourth-order valence-electron chi connectivity index (χ4n) is 1.84. The largest absolute Gasteiger partial charge is 0.494 e. The van der Waals surface area contributed by atoms with Gasteiger partial charge in [0.1, 0.15) is 0 Å². The van der Waals surface area contributed by atoms with Gasteiger partial charge in [-0.2, -0.15) is 0 Å². The van der Waals surface area contributed by atoms with Gasteiger partial charge >= 0.3 is 0 Å². The molecule has 2 aromatic carbocycles. The molecule has 0 unspecified atom stereocenters. The molecule has 0 saturated heterocycles. The minimum atomic E-state index is 0.726. The quantitative estimate of drug-likeness (QED) is 0.374. The molecule has 0 aliphatic heterocycles. The summed E-state index contributed by atoms with van der Waals surface area (Å²) in [6.07, 6.45) is 0. The highest BCUT2D eigenvalue weighted by molar-refractivity contribution is 5.86. The minimum absolute atomic E-state index is 0.726. The van der Waals surface area contributed by atoms with Gasteiger partial charge in [0.15, 0.2) is 5.76 Å². The van der Waals surface area contributed by atoms with E-state index < -0.39 is 0 Å². The summed E-state index contributed by atoms with van der Waals surface area (Å²) in [5, 5.41) is 0. The van der Waals surface area contributed by atoms with Gasteiger partial charge in [0.05, 0.1) is 12.8 Å². The summed E-state index contributed by atoms with van der Waals surface area (Å²) in [4.78, 5) is 0. The molecule has 3 N–H and O–H groups in total. The predicted molar refractivity (Wildman–Crippen MR) is 74.0 cm³/mol. The lowest BCUT2D eigenvalue weighted by molar-refractivity contribution is 0.370. The third-order valence-electron chi connectivity index (χ3n) is 2.67. The van der Waals surface area contributed by atoms with Crippen molar-refractivity contribution >= 4 is 11.5 Å². The number of nitrogens with one attached hydrogen (secondary N) is 1. The Morgan fingerprint density at radius 1 is 0.889 bits per heavy atom. The topological polar surface area (TPSA) is 47.3 Å². The Hall–Kier alpha value is -2.26. The Kier molecular flexibility index (Phi) is 3.99. The standard InChI is InChI=1S/C15H16N2O/c1-18-15(13-10-6-3-7-11-13)14(17-16)12-8-4-2-5-9-12/h2-11,17H,16H2,1H3/b15-14+. The van der Waals surface area contributed by atoms with E-state index in [0.29, 0.717) is 0 Å². The highest BCUT2D eigenvalue weighted by Crippen LogP contribution is 2.24. The molecule has 0 radical (unpaired) electrons. The van der Waals surface area contributed by atoms with Gasteiger partial charge < -0.3 is 10.2 Å². The molecule has 92 valence electrons. The number of ether oxygens (including phenoxy) is 1. The molecule has 0 aromatic heterocycles. The number of hydrogen-bond acceptors (Lipinski definition) is 3. The maximum absolute atomic E-state index is 5.63. The molecule has 2 rings (SSSR count). The van der Waals surface area contributed by atoms with Gasteiger partial charge in [0.25, 0.3) is 0 Å². The fourth-order valence-corrected chi connectivity index (χ4v) is 1.84. The normalized spacial score (nSPS) is 11.7. The fraction of sp³-hybridized carbons (Fsp3) is 0.0667. The van der Waals surface area contributed by atoms with Gasteiger partial charge in [-0.25, -0.2) is 0 Å². The Labute approximate surface area is 107 Å². The van der Waals surface area contributed by atoms with Gasteiger partial charge in [-0.1, -0.05) is 60.7 Å². The minimum Gasteiger partial charge on any atom is -0.494 e. The summed E-state index contributed by atoms with van der Waals surface area (Å²) < 4.78 is 5.48. The van der Waals surface area contributed by atoms with Gasteiger partial charge in [-0.15, -0.1) is 0 Å². The predicted octanol–water partition coefficient (Wildman–Crippen LogP) is 2.62. The van der Waals surface area contributed by atoms with Gasteiger partial charge in [-0.05, 0) is 0 Å². The zero-order chi connectivity index (χ0) is 12.8. The van der Waals surface area contributed by atoms with Crippen LogP contribution in [0.15, 0.2) is 60.7 Å². The zero-order valence-electron chi connectivity index (χ0n) is 10.3. The third-order valence-corrected chi connectivity index (χ3v) is 2.67. The van der Waals surface area contributed by atoms with E-state index in [9.17, 15) is 0 Å². The molecule has 0 atom stereocenters. The zero-order valence-corrected chi connectivity index (χ0v) is 10.3. The van der Waals surface area contributed by atoms with Gasteiger partial charge in [-0.3, -0.25) is 5.84 Å². The van der Waals surface area contributed by atoms with Crippen LogP contribution in [0.4, 0.5) is 0 Å². The van der Waals surface area contributed by atoms with E-state index in [1.54, 1.807) is 7.11 Å². The second-order valence-electron chi connectivity index (χ2n) is 3.78. The van der Waals surface area contributed by atoms with Crippen LogP contribution in [0.5, 0.6) is 0 Å². The van der Waals surface area contributed by atoms with E-state index in [-0.39, 0.29) is 0 Å². The molecule has 2 aromatic rings. The van der Waals surface area contributed by atoms with Crippen molar-refractivity contribution in [3.8, 4) is 0 Å². The van der Waals surface area contributed by atoms with Crippen molar-refractivity contribution in [3.63, 3.8) is 0 Å². The Morgan fingerprint density at radius 3 is 1.83 bits per heavy atom. The molecule has 0 fully saturated rings. The Balaban J connectivity index is 2.53. The van der Waals surface area contributed by atoms with Crippen molar-refractivity contribution in [1.29, 1.82) is 0 Å². The number of nitrogens with two attached hydrogens (primary N) is 1. The number of methoxy groups -OCH3 is 1. The molecule has 0 heterocycles. The van der Waals surface area contributed by atoms with Crippen molar-refractivity contribution < 1.29 is 4.74 Å². The Bertz CT molecular complexity index is 471. The van der Waals surface area contributed by atoms with E-state index in [1.807, 2.05) is 60.7 Å². The molecular weight excluding hydrogens is 224 g/mol. The van der Waals surface area contributed by atoms with Crippen LogP contribution in [-0.4, -0.2) is 7.11 Å². The van der Waals surface area contributed by atoms with Crippen molar-refractivity contribution in [2.75, 3.05) is 7.11 Å². The van der Waals surface area contributed by atoms with Crippen LogP contribution < -0.4 is 11.3 Å². The van der Waals surface area contributed by atoms with Crippen LogP contribution in [0.3, 0.4) is 0 Å². The summed E-state index contributed by atoms with van der Waals surface area (Å²) in [6.45, 7) is 0. The maximum Gasteiger partial charge on any atom is 0.151 e. The number of benzene rings is 2. The molecule has 0 amide bonds. The van der Waals surface area contributed by atoms with E-state index in [4.69, 9.17) is 10.6 Å². The molecule has 3 nitrogen and oxygen atoms in total. The first-order chi connectivity index (χ1) is 8.86. The molecule has 0 spiro atoms. The number of hydrogen-bond donors (Lipinski definition) is 2. The van der Waals surface area contributed by atoms with Crippen LogP contribution in [0.25, 0.3) is 11.5 Å². The molecule has 0 aliphatic rings. The number of hydrazine groups is 1. The van der Waals surface area contributed by atoms with E-state index in [2.05, 4.69) is 5.43 Å². The average molecular weight is 240 g/mol. The van der Waals surface area contributed by atoms with Crippen molar-refractivity contribution in [2.24, 2.45) is 5.84 Å². The smallest absolute Gasteiger partial charge is 0.151 e. The third kappa shape index (κ3) is 2.52. The van der Waals surface area contributed by atoms with E-state index >= 15 is 0 Å². The highest BCUT2D eigenvalue weighted by Gasteiger charge is 2.10. The summed E-state index contributed by atoms with van der Waals surface area (Å²) in [7, 11) is 1.64. The van der Waals surface area contributed by atoms with Crippen molar-refractivity contribution in [2.45, 2.75) is 0 Å². The van der Waals surface area contributed by atoms with E-state index in [0.717, 1.165) is 22.6 Å². The lowest BCUT2D eigenvalue weighted by Gasteiger charge is -2.14.